The highest BCUT2D eigenvalue weighted by molar-refractivity contribution is 9.10. The molecule has 1 heterocycles. The van der Waals surface area contributed by atoms with Gasteiger partial charge in [-0.3, -0.25) is 10.1 Å². The predicted octanol–water partition coefficient (Wildman–Crippen LogP) is 1.82. The summed E-state index contributed by atoms with van der Waals surface area (Å²) in [6.07, 6.45) is -0.101. The summed E-state index contributed by atoms with van der Waals surface area (Å²) in [5.41, 5.74) is 0.993. The maximum absolute atomic E-state index is 11.0. The molecule has 1 aliphatic rings. The van der Waals surface area contributed by atoms with Gasteiger partial charge in [0.15, 0.2) is 0 Å². The molecule has 1 aromatic carbocycles. The number of rotatable bonds is 1. The zero-order valence-electron chi connectivity index (χ0n) is 7.18. The van der Waals surface area contributed by atoms with Crippen LogP contribution in [0.2, 0.25) is 5.02 Å². The zero-order chi connectivity index (χ0) is 10.1. The molecule has 0 aromatic heterocycles. The summed E-state index contributed by atoms with van der Waals surface area (Å²) in [5, 5.41) is 6.51. The molecule has 0 radical (unpaired) electrons. The number of hydrogen-bond acceptors (Lipinski definition) is 2. The molecule has 1 atom stereocenters. The van der Waals surface area contributed by atoms with Crippen molar-refractivity contribution in [1.29, 1.82) is 0 Å². The number of carbonyl (C=O) groups excluding carboxylic acids is 1. The summed E-state index contributed by atoms with van der Waals surface area (Å²) in [4.78, 5) is 11.0. The topological polar surface area (TPSA) is 41.1 Å². The van der Waals surface area contributed by atoms with Crippen LogP contribution in [0.15, 0.2) is 22.7 Å². The first-order valence-electron chi connectivity index (χ1n) is 4.14. The Labute approximate surface area is 95.0 Å². The molecule has 1 aromatic rings. The Hall–Kier alpha value is -0.580. The van der Waals surface area contributed by atoms with E-state index >= 15 is 0 Å². The van der Waals surface area contributed by atoms with Gasteiger partial charge in [0, 0.05) is 4.47 Å². The van der Waals surface area contributed by atoms with Crippen molar-refractivity contribution in [2.75, 3.05) is 6.54 Å². The van der Waals surface area contributed by atoms with Crippen LogP contribution in [0.25, 0.3) is 0 Å². The highest BCUT2D eigenvalue weighted by atomic mass is 79.9. The van der Waals surface area contributed by atoms with Crippen molar-refractivity contribution in [1.82, 2.24) is 10.6 Å². The lowest BCUT2D eigenvalue weighted by atomic mass is 10.2. The first-order chi connectivity index (χ1) is 6.66. The lowest BCUT2D eigenvalue weighted by Crippen LogP contribution is -2.22. The van der Waals surface area contributed by atoms with Crippen molar-refractivity contribution in [3.63, 3.8) is 0 Å². The molecular weight excluding hydrogens is 267 g/mol. The van der Waals surface area contributed by atoms with Gasteiger partial charge in [0.25, 0.3) is 0 Å². The molecule has 0 saturated carbocycles. The second-order valence-electron chi connectivity index (χ2n) is 3.05. The summed E-state index contributed by atoms with van der Waals surface area (Å²) in [6, 6.07) is 5.58. The minimum atomic E-state index is -0.101. The second-order valence-corrected chi connectivity index (χ2v) is 4.32. The Kier molecular flexibility index (Phi) is 2.76. The van der Waals surface area contributed by atoms with Crippen LogP contribution in [0.5, 0.6) is 0 Å². The van der Waals surface area contributed by atoms with Crippen LogP contribution in [-0.2, 0) is 4.79 Å². The molecule has 2 N–H and O–H groups in total. The third-order valence-electron chi connectivity index (χ3n) is 2.05. The van der Waals surface area contributed by atoms with E-state index in [-0.39, 0.29) is 12.1 Å². The van der Waals surface area contributed by atoms with E-state index < -0.39 is 0 Å². The summed E-state index contributed by atoms with van der Waals surface area (Å²) in [6.45, 7) is 0.366. The molecule has 0 aliphatic carbocycles. The van der Waals surface area contributed by atoms with Gasteiger partial charge in [-0.05, 0) is 33.6 Å². The number of benzene rings is 1. The SMILES string of the molecule is O=C1CNC(c2ccc(Cl)c(Br)c2)N1. The molecule has 5 heteroatoms. The number of halogens is 2. The first-order valence-corrected chi connectivity index (χ1v) is 5.31. The monoisotopic (exact) mass is 274 g/mol. The molecule has 0 spiro atoms. The summed E-state index contributed by atoms with van der Waals surface area (Å²) >= 11 is 9.20. The van der Waals surface area contributed by atoms with Crippen LogP contribution in [0.1, 0.15) is 11.7 Å². The largest absolute Gasteiger partial charge is 0.336 e. The quantitative estimate of drug-likeness (QED) is 0.821. The third-order valence-corrected chi connectivity index (χ3v) is 3.26. The minimum Gasteiger partial charge on any atom is -0.336 e. The van der Waals surface area contributed by atoms with Gasteiger partial charge in [-0.25, -0.2) is 0 Å². The molecule has 1 amide bonds. The average molecular weight is 276 g/mol. The van der Waals surface area contributed by atoms with E-state index in [2.05, 4.69) is 26.6 Å². The van der Waals surface area contributed by atoms with Crippen LogP contribution >= 0.6 is 27.5 Å². The molecule has 0 bridgehead atoms. The van der Waals surface area contributed by atoms with Gasteiger partial charge in [-0.15, -0.1) is 0 Å². The molecule has 2 rings (SSSR count). The van der Waals surface area contributed by atoms with Gasteiger partial charge in [-0.2, -0.15) is 0 Å². The molecule has 1 saturated heterocycles. The van der Waals surface area contributed by atoms with Gasteiger partial charge in [0.05, 0.1) is 11.6 Å². The Morgan fingerprint density at radius 1 is 1.50 bits per heavy atom. The Balaban J connectivity index is 2.24. The summed E-state index contributed by atoms with van der Waals surface area (Å²) in [7, 11) is 0. The highest BCUT2D eigenvalue weighted by Gasteiger charge is 2.21. The van der Waals surface area contributed by atoms with Crippen LogP contribution < -0.4 is 10.6 Å². The van der Waals surface area contributed by atoms with E-state index in [4.69, 9.17) is 11.6 Å². The standard InChI is InChI=1S/C9H8BrClN2O/c10-6-3-5(1-2-7(6)11)9-12-4-8(14)13-9/h1-3,9,12H,4H2,(H,13,14). The van der Waals surface area contributed by atoms with E-state index in [1.54, 1.807) is 6.07 Å². The summed E-state index contributed by atoms with van der Waals surface area (Å²) in [5.74, 6) is 0.0149. The van der Waals surface area contributed by atoms with Crippen molar-refractivity contribution >= 4 is 33.4 Å². The van der Waals surface area contributed by atoms with E-state index in [1.807, 2.05) is 12.1 Å². The zero-order valence-corrected chi connectivity index (χ0v) is 9.52. The number of nitrogens with one attached hydrogen (secondary N) is 2. The predicted molar refractivity (Wildman–Crippen MR) is 58.0 cm³/mol. The van der Waals surface area contributed by atoms with E-state index in [9.17, 15) is 4.79 Å². The van der Waals surface area contributed by atoms with Gasteiger partial charge in [0.2, 0.25) is 5.91 Å². The average Bonchev–Trinajstić information content (AvgIpc) is 2.57. The van der Waals surface area contributed by atoms with Crippen molar-refractivity contribution in [2.45, 2.75) is 6.17 Å². The first kappa shape index (κ1) is 9.96. The van der Waals surface area contributed by atoms with Crippen LogP contribution in [-0.4, -0.2) is 12.5 Å². The van der Waals surface area contributed by atoms with Gasteiger partial charge in [0.1, 0.15) is 6.17 Å². The van der Waals surface area contributed by atoms with Crippen LogP contribution in [0, 0.1) is 0 Å². The maximum Gasteiger partial charge on any atom is 0.235 e. The Morgan fingerprint density at radius 2 is 2.29 bits per heavy atom. The second kappa shape index (κ2) is 3.88. The Bertz CT molecular complexity index is 383. The van der Waals surface area contributed by atoms with Gasteiger partial charge in [-0.1, -0.05) is 17.7 Å². The van der Waals surface area contributed by atoms with Crippen molar-refractivity contribution in [2.24, 2.45) is 0 Å². The normalized spacial score (nSPS) is 21.0. The molecule has 1 fully saturated rings. The van der Waals surface area contributed by atoms with Crippen LogP contribution in [0.3, 0.4) is 0 Å². The molecule has 1 unspecified atom stereocenters. The molecule has 74 valence electrons. The third kappa shape index (κ3) is 1.92. The highest BCUT2D eigenvalue weighted by Crippen LogP contribution is 2.25. The van der Waals surface area contributed by atoms with E-state index in [1.165, 1.54) is 0 Å². The fraction of sp³-hybridized carbons (Fsp3) is 0.222. The smallest absolute Gasteiger partial charge is 0.235 e. The fourth-order valence-electron chi connectivity index (χ4n) is 1.35. The van der Waals surface area contributed by atoms with E-state index in [0.29, 0.717) is 11.6 Å². The van der Waals surface area contributed by atoms with Gasteiger partial charge >= 0.3 is 0 Å². The number of carbonyl (C=O) groups is 1. The van der Waals surface area contributed by atoms with Crippen LogP contribution in [0.4, 0.5) is 0 Å². The molecule has 1 aliphatic heterocycles. The maximum atomic E-state index is 11.0. The van der Waals surface area contributed by atoms with Crippen molar-refractivity contribution in [3.8, 4) is 0 Å². The molecule has 3 nitrogen and oxygen atoms in total. The minimum absolute atomic E-state index is 0.0149. The van der Waals surface area contributed by atoms with Crippen molar-refractivity contribution in [3.05, 3.63) is 33.3 Å². The number of amides is 1. The lowest BCUT2D eigenvalue weighted by Gasteiger charge is -2.11. The molecular formula is C9H8BrClN2O. The fourth-order valence-corrected chi connectivity index (χ4v) is 1.86. The number of hydrogen-bond donors (Lipinski definition) is 2. The summed E-state index contributed by atoms with van der Waals surface area (Å²) < 4.78 is 0.833. The Morgan fingerprint density at radius 3 is 2.86 bits per heavy atom. The molecule has 14 heavy (non-hydrogen) atoms. The lowest BCUT2D eigenvalue weighted by molar-refractivity contribution is -0.118. The van der Waals surface area contributed by atoms with Crippen molar-refractivity contribution < 1.29 is 4.79 Å². The van der Waals surface area contributed by atoms with Gasteiger partial charge < -0.3 is 5.32 Å². The van der Waals surface area contributed by atoms with E-state index in [0.717, 1.165) is 10.0 Å².